The topological polar surface area (TPSA) is 66.4 Å². The first-order valence-corrected chi connectivity index (χ1v) is 9.59. The van der Waals surface area contributed by atoms with Gasteiger partial charge in [-0.05, 0) is 29.0 Å². The van der Waals surface area contributed by atoms with Crippen LogP contribution in [-0.4, -0.2) is 48.9 Å². The van der Waals surface area contributed by atoms with Gasteiger partial charge in [-0.3, -0.25) is 0 Å². The van der Waals surface area contributed by atoms with Crippen molar-refractivity contribution < 1.29 is 8.42 Å². The molecule has 1 saturated heterocycles. The number of rotatable bonds is 3. The molecule has 2 aromatic carbocycles. The first-order valence-electron chi connectivity index (χ1n) is 8.15. The van der Waals surface area contributed by atoms with E-state index in [1.165, 1.54) is 4.31 Å². The number of hydrogen-bond acceptors (Lipinski definition) is 5. The van der Waals surface area contributed by atoms with Crippen molar-refractivity contribution in [3.8, 4) is 0 Å². The lowest BCUT2D eigenvalue weighted by atomic mass is 10.1. The van der Waals surface area contributed by atoms with Crippen LogP contribution in [-0.2, 0) is 10.0 Å². The second kappa shape index (κ2) is 6.42. The summed E-state index contributed by atoms with van der Waals surface area (Å²) in [6, 6.07) is 14.8. The van der Waals surface area contributed by atoms with E-state index in [2.05, 4.69) is 9.97 Å². The monoisotopic (exact) mass is 354 g/mol. The van der Waals surface area contributed by atoms with E-state index in [9.17, 15) is 8.42 Å². The standard InChI is InChI=1S/C18H18N4O2S/c23-25(24,17-7-6-15-4-1-2-5-16(15)14-17)22-12-10-21(11-13-22)18-19-8-3-9-20-18/h1-9,14H,10-13H2. The van der Waals surface area contributed by atoms with Crippen LogP contribution in [0.15, 0.2) is 65.8 Å². The van der Waals surface area contributed by atoms with Crippen LogP contribution in [0.4, 0.5) is 5.95 Å². The number of benzene rings is 2. The van der Waals surface area contributed by atoms with Crippen LogP contribution in [0.3, 0.4) is 0 Å². The summed E-state index contributed by atoms with van der Waals surface area (Å²) >= 11 is 0. The lowest BCUT2D eigenvalue weighted by Gasteiger charge is -2.33. The van der Waals surface area contributed by atoms with Gasteiger partial charge in [0.1, 0.15) is 0 Å². The molecule has 7 heteroatoms. The summed E-state index contributed by atoms with van der Waals surface area (Å²) < 4.78 is 27.4. The smallest absolute Gasteiger partial charge is 0.243 e. The van der Waals surface area contributed by atoms with E-state index in [-0.39, 0.29) is 0 Å². The largest absolute Gasteiger partial charge is 0.338 e. The van der Waals surface area contributed by atoms with Crippen LogP contribution < -0.4 is 4.90 Å². The number of hydrogen-bond donors (Lipinski definition) is 0. The summed E-state index contributed by atoms with van der Waals surface area (Å²) in [4.78, 5) is 10.8. The molecule has 0 atom stereocenters. The zero-order chi connectivity index (χ0) is 17.3. The van der Waals surface area contributed by atoms with E-state index >= 15 is 0 Å². The average Bonchev–Trinajstić information content (AvgIpc) is 2.68. The maximum atomic E-state index is 13.0. The summed E-state index contributed by atoms with van der Waals surface area (Å²) in [5, 5.41) is 1.97. The Labute approximate surface area is 146 Å². The van der Waals surface area contributed by atoms with E-state index in [0.29, 0.717) is 37.0 Å². The molecule has 128 valence electrons. The fourth-order valence-corrected chi connectivity index (χ4v) is 4.52. The highest BCUT2D eigenvalue weighted by Crippen LogP contribution is 2.23. The van der Waals surface area contributed by atoms with Gasteiger partial charge in [0, 0.05) is 38.6 Å². The third-order valence-corrected chi connectivity index (χ3v) is 6.33. The Morgan fingerprint density at radius 3 is 2.20 bits per heavy atom. The van der Waals surface area contributed by atoms with Gasteiger partial charge in [-0.2, -0.15) is 4.31 Å². The summed E-state index contributed by atoms with van der Waals surface area (Å²) in [7, 11) is -3.49. The lowest BCUT2D eigenvalue weighted by Crippen LogP contribution is -2.49. The molecule has 0 spiro atoms. The van der Waals surface area contributed by atoms with E-state index in [4.69, 9.17) is 0 Å². The highest BCUT2D eigenvalue weighted by molar-refractivity contribution is 7.89. The normalized spacial score (nSPS) is 16.2. The van der Waals surface area contributed by atoms with Gasteiger partial charge >= 0.3 is 0 Å². The molecule has 0 amide bonds. The highest BCUT2D eigenvalue weighted by Gasteiger charge is 2.29. The van der Waals surface area contributed by atoms with Crippen molar-refractivity contribution in [3.05, 3.63) is 60.9 Å². The van der Waals surface area contributed by atoms with Crippen molar-refractivity contribution in [3.63, 3.8) is 0 Å². The number of nitrogens with zero attached hydrogens (tertiary/aromatic N) is 4. The van der Waals surface area contributed by atoms with Crippen molar-refractivity contribution in [2.24, 2.45) is 0 Å². The van der Waals surface area contributed by atoms with Crippen LogP contribution in [0.1, 0.15) is 0 Å². The van der Waals surface area contributed by atoms with Gasteiger partial charge < -0.3 is 4.90 Å². The van der Waals surface area contributed by atoms with Crippen molar-refractivity contribution in [2.75, 3.05) is 31.1 Å². The van der Waals surface area contributed by atoms with Crippen molar-refractivity contribution >= 4 is 26.7 Å². The lowest BCUT2D eigenvalue weighted by molar-refractivity contribution is 0.382. The summed E-state index contributed by atoms with van der Waals surface area (Å²) in [6.07, 6.45) is 3.39. The molecular weight excluding hydrogens is 336 g/mol. The van der Waals surface area contributed by atoms with Gasteiger partial charge in [-0.1, -0.05) is 30.3 Å². The van der Waals surface area contributed by atoms with Crippen molar-refractivity contribution in [1.82, 2.24) is 14.3 Å². The zero-order valence-corrected chi connectivity index (χ0v) is 14.4. The number of sulfonamides is 1. The Hall–Kier alpha value is -2.51. The number of anilines is 1. The van der Waals surface area contributed by atoms with E-state index in [0.717, 1.165) is 10.8 Å². The first-order chi connectivity index (χ1) is 12.1. The summed E-state index contributed by atoms with van der Waals surface area (Å²) in [5.41, 5.74) is 0. The fraction of sp³-hybridized carbons (Fsp3) is 0.222. The highest BCUT2D eigenvalue weighted by atomic mass is 32.2. The van der Waals surface area contributed by atoms with E-state index in [1.807, 2.05) is 35.2 Å². The van der Waals surface area contributed by atoms with Gasteiger partial charge in [-0.25, -0.2) is 18.4 Å². The predicted octanol–water partition coefficient (Wildman–Crippen LogP) is 2.14. The van der Waals surface area contributed by atoms with Gasteiger partial charge in [0.15, 0.2) is 0 Å². The first kappa shape index (κ1) is 16.0. The zero-order valence-electron chi connectivity index (χ0n) is 13.6. The molecule has 0 N–H and O–H groups in total. The Balaban J connectivity index is 1.54. The Kier molecular flexibility index (Phi) is 4.10. The average molecular weight is 354 g/mol. The third-order valence-electron chi connectivity index (χ3n) is 4.43. The van der Waals surface area contributed by atoms with Crippen LogP contribution in [0, 0.1) is 0 Å². The molecule has 3 aromatic rings. The molecule has 6 nitrogen and oxygen atoms in total. The molecule has 1 aliphatic heterocycles. The molecule has 1 aromatic heterocycles. The van der Waals surface area contributed by atoms with Crippen molar-refractivity contribution in [1.29, 1.82) is 0 Å². The van der Waals surface area contributed by atoms with Gasteiger partial charge in [-0.15, -0.1) is 0 Å². The van der Waals surface area contributed by atoms with Crippen LogP contribution in [0.5, 0.6) is 0 Å². The molecule has 1 fully saturated rings. The Bertz CT molecular complexity index is 984. The van der Waals surface area contributed by atoms with E-state index in [1.54, 1.807) is 30.6 Å². The maximum Gasteiger partial charge on any atom is 0.243 e. The quantitative estimate of drug-likeness (QED) is 0.721. The van der Waals surface area contributed by atoms with Gasteiger partial charge in [0.2, 0.25) is 16.0 Å². The molecule has 0 unspecified atom stereocenters. The molecule has 0 bridgehead atoms. The minimum Gasteiger partial charge on any atom is -0.338 e. The summed E-state index contributed by atoms with van der Waals surface area (Å²) in [5.74, 6) is 0.644. The fourth-order valence-electron chi connectivity index (χ4n) is 3.06. The van der Waals surface area contributed by atoms with Crippen LogP contribution in [0.25, 0.3) is 10.8 Å². The Morgan fingerprint density at radius 1 is 0.800 bits per heavy atom. The number of piperazine rings is 1. The van der Waals surface area contributed by atoms with Crippen LogP contribution >= 0.6 is 0 Å². The van der Waals surface area contributed by atoms with E-state index < -0.39 is 10.0 Å². The molecule has 2 heterocycles. The molecule has 0 aliphatic carbocycles. The van der Waals surface area contributed by atoms with Gasteiger partial charge in [0.25, 0.3) is 0 Å². The van der Waals surface area contributed by atoms with Crippen LogP contribution in [0.2, 0.25) is 0 Å². The maximum absolute atomic E-state index is 13.0. The molecule has 25 heavy (non-hydrogen) atoms. The number of aromatic nitrogens is 2. The van der Waals surface area contributed by atoms with Crippen molar-refractivity contribution in [2.45, 2.75) is 4.90 Å². The third kappa shape index (κ3) is 3.08. The molecular formula is C18H18N4O2S. The summed E-state index contributed by atoms with van der Waals surface area (Å²) in [6.45, 7) is 2.01. The second-order valence-electron chi connectivity index (χ2n) is 5.95. The molecule has 4 rings (SSSR count). The second-order valence-corrected chi connectivity index (χ2v) is 7.89. The molecule has 0 radical (unpaired) electrons. The molecule has 1 aliphatic rings. The van der Waals surface area contributed by atoms with Gasteiger partial charge in [0.05, 0.1) is 4.90 Å². The predicted molar refractivity (Wildman–Crippen MR) is 97.0 cm³/mol. The SMILES string of the molecule is O=S(=O)(c1ccc2ccccc2c1)N1CCN(c2ncccn2)CC1. The minimum absolute atomic E-state index is 0.343. The Morgan fingerprint density at radius 2 is 1.48 bits per heavy atom. The number of fused-ring (bicyclic) bond motifs is 1. The molecule has 0 saturated carbocycles. The minimum atomic E-state index is -3.49.